The molecule has 1 fully saturated rings. The van der Waals surface area contributed by atoms with Crippen molar-refractivity contribution in [2.24, 2.45) is 0 Å². The Morgan fingerprint density at radius 2 is 2.41 bits per heavy atom. The molecule has 2 heterocycles. The lowest BCUT2D eigenvalue weighted by molar-refractivity contribution is 0.156. The van der Waals surface area contributed by atoms with Crippen LogP contribution < -0.4 is 5.32 Å². The van der Waals surface area contributed by atoms with Crippen molar-refractivity contribution in [1.29, 1.82) is 0 Å². The summed E-state index contributed by atoms with van der Waals surface area (Å²) in [6, 6.07) is 7.41. The van der Waals surface area contributed by atoms with E-state index in [4.69, 9.17) is 4.74 Å². The van der Waals surface area contributed by atoms with Gasteiger partial charge in [0, 0.05) is 31.4 Å². The number of hydrogen-bond acceptors (Lipinski definition) is 3. The fourth-order valence-corrected chi connectivity index (χ4v) is 2.74. The van der Waals surface area contributed by atoms with E-state index in [1.54, 1.807) is 0 Å². The maximum atomic E-state index is 5.44. The van der Waals surface area contributed by atoms with Gasteiger partial charge in [-0.1, -0.05) is 12.1 Å². The predicted octanol–water partition coefficient (Wildman–Crippen LogP) is 1.88. The monoisotopic (exact) mass is 232 g/mol. The number of likely N-dealkylation sites (N-methyl/N-ethyl adjacent to an activating group) is 1. The molecule has 1 unspecified atom stereocenters. The predicted molar refractivity (Wildman–Crippen MR) is 69.3 cm³/mol. The van der Waals surface area contributed by atoms with E-state index in [1.807, 2.05) is 0 Å². The molecule has 92 valence electrons. The first-order valence-electron chi connectivity index (χ1n) is 6.46. The van der Waals surface area contributed by atoms with Crippen LogP contribution in [0.5, 0.6) is 0 Å². The molecule has 0 amide bonds. The largest absolute Gasteiger partial charge is 0.384 e. The van der Waals surface area contributed by atoms with Gasteiger partial charge in [0.25, 0.3) is 0 Å². The topological polar surface area (TPSA) is 24.5 Å². The van der Waals surface area contributed by atoms with Crippen LogP contribution >= 0.6 is 0 Å². The summed E-state index contributed by atoms with van der Waals surface area (Å²) in [5.41, 5.74) is 4.21. The molecule has 1 atom stereocenters. The van der Waals surface area contributed by atoms with Crippen molar-refractivity contribution >= 4 is 5.69 Å². The fourth-order valence-electron chi connectivity index (χ4n) is 2.74. The Labute approximate surface area is 103 Å². The summed E-state index contributed by atoms with van der Waals surface area (Å²) in [6.45, 7) is 3.93. The van der Waals surface area contributed by atoms with Crippen LogP contribution in [0.3, 0.4) is 0 Å². The molecule has 3 nitrogen and oxygen atoms in total. The zero-order chi connectivity index (χ0) is 11.7. The number of fused-ring (bicyclic) bond motifs is 1. The minimum Gasteiger partial charge on any atom is -0.384 e. The summed E-state index contributed by atoms with van der Waals surface area (Å²) in [5, 5.41) is 3.40. The zero-order valence-corrected chi connectivity index (χ0v) is 10.4. The number of anilines is 1. The summed E-state index contributed by atoms with van der Waals surface area (Å²) in [4.78, 5) is 2.41. The standard InChI is InChI=1S/C14H20N2O/c1-16(13-5-7-17-10-13)9-11-2-3-14-12(8-11)4-6-15-14/h2-3,8,13,15H,4-7,9-10H2,1H3. The Hall–Kier alpha value is -1.06. The number of hydrogen-bond donors (Lipinski definition) is 1. The molecule has 2 aliphatic rings. The number of rotatable bonds is 3. The SMILES string of the molecule is CN(Cc1ccc2c(c1)CCN2)C1CCOC1. The van der Waals surface area contributed by atoms with Crippen molar-refractivity contribution in [3.63, 3.8) is 0 Å². The van der Waals surface area contributed by atoms with Crippen LogP contribution in [-0.2, 0) is 17.7 Å². The minimum absolute atomic E-state index is 0.598. The Balaban J connectivity index is 1.68. The molecule has 0 aromatic heterocycles. The highest BCUT2D eigenvalue weighted by Crippen LogP contribution is 2.24. The first kappa shape index (κ1) is 11.1. The van der Waals surface area contributed by atoms with Crippen LogP contribution in [-0.4, -0.2) is 37.7 Å². The minimum atomic E-state index is 0.598. The van der Waals surface area contributed by atoms with Crippen molar-refractivity contribution < 1.29 is 4.74 Å². The Bertz CT molecular complexity index is 399. The lowest BCUT2D eigenvalue weighted by Gasteiger charge is -2.23. The van der Waals surface area contributed by atoms with E-state index in [9.17, 15) is 0 Å². The molecule has 3 heteroatoms. The van der Waals surface area contributed by atoms with Gasteiger partial charge in [0.1, 0.15) is 0 Å². The highest BCUT2D eigenvalue weighted by molar-refractivity contribution is 5.56. The van der Waals surface area contributed by atoms with Crippen LogP contribution in [0.4, 0.5) is 5.69 Å². The van der Waals surface area contributed by atoms with E-state index in [0.717, 1.165) is 26.3 Å². The van der Waals surface area contributed by atoms with Gasteiger partial charge in [-0.15, -0.1) is 0 Å². The lowest BCUT2D eigenvalue weighted by Crippen LogP contribution is -2.31. The first-order chi connectivity index (χ1) is 8.33. The summed E-state index contributed by atoms with van der Waals surface area (Å²) < 4.78 is 5.44. The molecule has 1 N–H and O–H groups in total. The number of benzene rings is 1. The smallest absolute Gasteiger partial charge is 0.0622 e. The van der Waals surface area contributed by atoms with Crippen molar-refractivity contribution in [2.45, 2.75) is 25.4 Å². The van der Waals surface area contributed by atoms with Crippen molar-refractivity contribution in [1.82, 2.24) is 4.90 Å². The zero-order valence-electron chi connectivity index (χ0n) is 10.4. The van der Waals surface area contributed by atoms with Crippen LogP contribution in [0, 0.1) is 0 Å². The molecule has 0 bridgehead atoms. The summed E-state index contributed by atoms with van der Waals surface area (Å²) in [5.74, 6) is 0. The van der Waals surface area contributed by atoms with E-state index < -0.39 is 0 Å². The number of ether oxygens (including phenoxy) is 1. The molecule has 1 aromatic rings. The quantitative estimate of drug-likeness (QED) is 0.861. The molecular weight excluding hydrogens is 212 g/mol. The highest BCUT2D eigenvalue weighted by atomic mass is 16.5. The Morgan fingerprint density at radius 3 is 3.24 bits per heavy atom. The van der Waals surface area contributed by atoms with Gasteiger partial charge in [0.15, 0.2) is 0 Å². The molecule has 17 heavy (non-hydrogen) atoms. The van der Waals surface area contributed by atoms with Crippen molar-refractivity contribution in [2.75, 3.05) is 32.1 Å². The molecule has 1 aromatic carbocycles. The molecule has 3 rings (SSSR count). The average Bonchev–Trinajstić information content (AvgIpc) is 2.99. The van der Waals surface area contributed by atoms with E-state index in [0.29, 0.717) is 6.04 Å². The third-order valence-corrected chi connectivity index (χ3v) is 3.84. The van der Waals surface area contributed by atoms with Crippen LogP contribution in [0.2, 0.25) is 0 Å². The second-order valence-electron chi connectivity index (χ2n) is 5.10. The van der Waals surface area contributed by atoms with Gasteiger partial charge in [-0.2, -0.15) is 0 Å². The molecular formula is C14H20N2O. The third-order valence-electron chi connectivity index (χ3n) is 3.84. The number of nitrogens with one attached hydrogen (secondary N) is 1. The molecule has 2 aliphatic heterocycles. The van der Waals surface area contributed by atoms with Crippen LogP contribution in [0.1, 0.15) is 17.5 Å². The molecule has 1 saturated heterocycles. The molecule has 0 saturated carbocycles. The van der Waals surface area contributed by atoms with Gasteiger partial charge in [-0.25, -0.2) is 0 Å². The second kappa shape index (κ2) is 4.67. The van der Waals surface area contributed by atoms with Crippen molar-refractivity contribution in [3.8, 4) is 0 Å². The third kappa shape index (κ3) is 2.31. The van der Waals surface area contributed by atoms with Crippen LogP contribution in [0.25, 0.3) is 0 Å². The fraction of sp³-hybridized carbons (Fsp3) is 0.571. The normalized spacial score (nSPS) is 22.8. The van der Waals surface area contributed by atoms with Gasteiger partial charge in [0.05, 0.1) is 6.61 Å². The van der Waals surface area contributed by atoms with E-state index >= 15 is 0 Å². The maximum absolute atomic E-state index is 5.44. The van der Waals surface area contributed by atoms with E-state index in [2.05, 4.69) is 35.5 Å². The van der Waals surface area contributed by atoms with Crippen molar-refractivity contribution in [3.05, 3.63) is 29.3 Å². The van der Waals surface area contributed by atoms with Gasteiger partial charge in [0.2, 0.25) is 0 Å². The average molecular weight is 232 g/mol. The Morgan fingerprint density at radius 1 is 1.47 bits per heavy atom. The lowest BCUT2D eigenvalue weighted by atomic mass is 10.1. The van der Waals surface area contributed by atoms with Gasteiger partial charge in [-0.3, -0.25) is 4.90 Å². The van der Waals surface area contributed by atoms with Gasteiger partial charge in [-0.05, 0) is 37.1 Å². The van der Waals surface area contributed by atoms with Gasteiger partial charge < -0.3 is 10.1 Å². The van der Waals surface area contributed by atoms with E-state index in [1.165, 1.54) is 29.7 Å². The second-order valence-corrected chi connectivity index (χ2v) is 5.10. The van der Waals surface area contributed by atoms with Crippen LogP contribution in [0.15, 0.2) is 18.2 Å². The molecule has 0 aliphatic carbocycles. The number of nitrogens with zero attached hydrogens (tertiary/aromatic N) is 1. The van der Waals surface area contributed by atoms with Gasteiger partial charge >= 0.3 is 0 Å². The highest BCUT2D eigenvalue weighted by Gasteiger charge is 2.20. The summed E-state index contributed by atoms with van der Waals surface area (Å²) >= 11 is 0. The van der Waals surface area contributed by atoms with E-state index in [-0.39, 0.29) is 0 Å². The summed E-state index contributed by atoms with van der Waals surface area (Å²) in [7, 11) is 2.20. The summed E-state index contributed by atoms with van der Waals surface area (Å²) in [6.07, 6.45) is 2.34. The Kier molecular flexibility index (Phi) is 3.04. The maximum Gasteiger partial charge on any atom is 0.0622 e. The first-order valence-corrected chi connectivity index (χ1v) is 6.46. The molecule has 0 radical (unpaired) electrons. The molecule has 0 spiro atoms.